The first kappa shape index (κ1) is 10.7. The van der Waals surface area contributed by atoms with Crippen molar-refractivity contribution < 1.29 is 9.53 Å². The van der Waals surface area contributed by atoms with Crippen LogP contribution < -0.4 is 10.5 Å². The lowest BCUT2D eigenvalue weighted by atomic mass is 10.0. The van der Waals surface area contributed by atoms with E-state index in [0.29, 0.717) is 17.0 Å². The molecule has 1 aliphatic carbocycles. The minimum Gasteiger partial charge on any atom is -0.497 e. The fourth-order valence-electron chi connectivity index (χ4n) is 1.91. The summed E-state index contributed by atoms with van der Waals surface area (Å²) >= 11 is 0. The molecule has 0 saturated carbocycles. The monoisotopic (exact) mass is 217 g/mol. The van der Waals surface area contributed by atoms with Gasteiger partial charge in [-0.1, -0.05) is 6.08 Å². The van der Waals surface area contributed by atoms with Crippen molar-refractivity contribution in [3.05, 3.63) is 35.4 Å². The molecule has 3 heteroatoms. The van der Waals surface area contributed by atoms with Gasteiger partial charge in [-0.3, -0.25) is 4.79 Å². The van der Waals surface area contributed by atoms with E-state index in [1.54, 1.807) is 25.3 Å². The molecule has 16 heavy (non-hydrogen) atoms. The van der Waals surface area contributed by atoms with Crippen LogP contribution in [-0.2, 0) is 0 Å². The van der Waals surface area contributed by atoms with Crippen molar-refractivity contribution >= 4 is 11.5 Å². The van der Waals surface area contributed by atoms with Crippen LogP contribution in [0.15, 0.2) is 29.8 Å². The van der Waals surface area contributed by atoms with E-state index in [0.717, 1.165) is 24.8 Å². The first-order valence-electron chi connectivity index (χ1n) is 5.39. The Morgan fingerprint density at radius 2 is 2.25 bits per heavy atom. The molecule has 84 valence electrons. The SMILES string of the molecule is COc1ccc(N)c(C(=O)C2=CCCC2)c1. The van der Waals surface area contributed by atoms with Gasteiger partial charge < -0.3 is 10.5 Å². The van der Waals surface area contributed by atoms with Gasteiger partial charge in [0, 0.05) is 11.3 Å². The molecule has 0 saturated heterocycles. The molecule has 0 unspecified atom stereocenters. The first-order valence-corrected chi connectivity index (χ1v) is 5.39. The molecule has 1 aromatic rings. The molecule has 0 aromatic heterocycles. The van der Waals surface area contributed by atoms with Crippen LogP contribution >= 0.6 is 0 Å². The van der Waals surface area contributed by atoms with Crippen LogP contribution in [0.2, 0.25) is 0 Å². The quantitative estimate of drug-likeness (QED) is 0.625. The molecule has 0 aliphatic heterocycles. The maximum Gasteiger partial charge on any atom is 0.190 e. The summed E-state index contributed by atoms with van der Waals surface area (Å²) < 4.78 is 5.10. The number of anilines is 1. The van der Waals surface area contributed by atoms with Gasteiger partial charge in [0.1, 0.15) is 5.75 Å². The van der Waals surface area contributed by atoms with Crippen LogP contribution in [0, 0.1) is 0 Å². The summed E-state index contributed by atoms with van der Waals surface area (Å²) in [6.45, 7) is 0. The van der Waals surface area contributed by atoms with Gasteiger partial charge in [0.05, 0.1) is 7.11 Å². The highest BCUT2D eigenvalue weighted by Crippen LogP contribution is 2.26. The molecule has 0 atom stereocenters. The first-order chi connectivity index (χ1) is 7.72. The molecule has 0 radical (unpaired) electrons. The largest absolute Gasteiger partial charge is 0.497 e. The third kappa shape index (κ3) is 1.94. The lowest BCUT2D eigenvalue weighted by molar-refractivity contribution is 0.103. The zero-order valence-electron chi connectivity index (χ0n) is 9.32. The number of rotatable bonds is 3. The van der Waals surface area contributed by atoms with E-state index in [9.17, 15) is 4.79 Å². The number of nitrogen functional groups attached to an aromatic ring is 1. The van der Waals surface area contributed by atoms with E-state index in [-0.39, 0.29) is 5.78 Å². The topological polar surface area (TPSA) is 52.3 Å². The second kappa shape index (κ2) is 4.39. The van der Waals surface area contributed by atoms with E-state index >= 15 is 0 Å². The number of carbonyl (C=O) groups is 1. The maximum absolute atomic E-state index is 12.1. The van der Waals surface area contributed by atoms with Gasteiger partial charge in [-0.15, -0.1) is 0 Å². The summed E-state index contributed by atoms with van der Waals surface area (Å²) in [7, 11) is 1.58. The summed E-state index contributed by atoms with van der Waals surface area (Å²) in [4.78, 5) is 12.1. The smallest absolute Gasteiger partial charge is 0.190 e. The number of allylic oxidation sites excluding steroid dienone is 2. The Kier molecular flexibility index (Phi) is 2.95. The van der Waals surface area contributed by atoms with Gasteiger partial charge in [-0.25, -0.2) is 0 Å². The third-order valence-electron chi connectivity index (χ3n) is 2.84. The van der Waals surface area contributed by atoms with E-state index in [2.05, 4.69) is 0 Å². The minimum absolute atomic E-state index is 0.0360. The Morgan fingerprint density at radius 3 is 2.88 bits per heavy atom. The molecule has 0 heterocycles. The fourth-order valence-corrected chi connectivity index (χ4v) is 1.91. The number of methoxy groups -OCH3 is 1. The van der Waals surface area contributed by atoms with Crippen molar-refractivity contribution in [1.82, 2.24) is 0 Å². The van der Waals surface area contributed by atoms with Crippen molar-refractivity contribution in [3.8, 4) is 5.75 Å². The van der Waals surface area contributed by atoms with E-state index in [1.807, 2.05) is 6.08 Å². The average Bonchev–Trinajstić information content (AvgIpc) is 2.82. The lowest BCUT2D eigenvalue weighted by Crippen LogP contribution is -2.06. The highest BCUT2D eigenvalue weighted by molar-refractivity contribution is 6.12. The van der Waals surface area contributed by atoms with Crippen LogP contribution in [0.1, 0.15) is 29.6 Å². The number of carbonyl (C=O) groups excluding carboxylic acids is 1. The average molecular weight is 217 g/mol. The Balaban J connectivity index is 2.35. The highest BCUT2D eigenvalue weighted by Gasteiger charge is 2.18. The molecule has 1 aromatic carbocycles. The standard InChI is InChI=1S/C13H15NO2/c1-16-10-6-7-12(14)11(8-10)13(15)9-4-2-3-5-9/h4,6-8H,2-3,5,14H2,1H3. The van der Waals surface area contributed by atoms with E-state index in [4.69, 9.17) is 10.5 Å². The van der Waals surface area contributed by atoms with Crippen molar-refractivity contribution in [2.24, 2.45) is 0 Å². The van der Waals surface area contributed by atoms with Crippen molar-refractivity contribution in [3.63, 3.8) is 0 Å². The molecule has 2 rings (SSSR count). The van der Waals surface area contributed by atoms with E-state index < -0.39 is 0 Å². The number of benzene rings is 1. The molecule has 2 N–H and O–H groups in total. The van der Waals surface area contributed by atoms with Gasteiger partial charge in [0.15, 0.2) is 5.78 Å². The summed E-state index contributed by atoms with van der Waals surface area (Å²) in [6.07, 6.45) is 4.91. The van der Waals surface area contributed by atoms with Crippen molar-refractivity contribution in [1.29, 1.82) is 0 Å². The Morgan fingerprint density at radius 1 is 1.44 bits per heavy atom. The fraction of sp³-hybridized carbons (Fsp3) is 0.308. The van der Waals surface area contributed by atoms with Crippen LogP contribution in [0.5, 0.6) is 5.75 Å². The highest BCUT2D eigenvalue weighted by atomic mass is 16.5. The molecular formula is C13H15NO2. The van der Waals surface area contributed by atoms with Crippen LogP contribution in [0.3, 0.4) is 0 Å². The normalized spacial score (nSPS) is 14.7. The van der Waals surface area contributed by atoms with E-state index in [1.165, 1.54) is 0 Å². The van der Waals surface area contributed by atoms with Crippen molar-refractivity contribution in [2.75, 3.05) is 12.8 Å². The van der Waals surface area contributed by atoms with Gasteiger partial charge in [-0.05, 0) is 43.0 Å². The predicted molar refractivity (Wildman–Crippen MR) is 63.7 cm³/mol. The summed E-state index contributed by atoms with van der Waals surface area (Å²) in [5.41, 5.74) is 7.75. The van der Waals surface area contributed by atoms with Gasteiger partial charge >= 0.3 is 0 Å². The molecule has 0 amide bonds. The zero-order chi connectivity index (χ0) is 11.5. The maximum atomic E-state index is 12.1. The minimum atomic E-state index is 0.0360. The summed E-state index contributed by atoms with van der Waals surface area (Å²) in [5.74, 6) is 0.699. The Hall–Kier alpha value is -1.77. The molecule has 0 fully saturated rings. The molecule has 0 bridgehead atoms. The number of nitrogens with two attached hydrogens (primary N) is 1. The lowest BCUT2D eigenvalue weighted by Gasteiger charge is -2.07. The summed E-state index contributed by atoms with van der Waals surface area (Å²) in [5, 5.41) is 0. The Bertz CT molecular complexity index is 449. The number of hydrogen-bond acceptors (Lipinski definition) is 3. The molecular weight excluding hydrogens is 202 g/mol. The van der Waals surface area contributed by atoms with Gasteiger partial charge in [-0.2, -0.15) is 0 Å². The van der Waals surface area contributed by atoms with Crippen LogP contribution in [-0.4, -0.2) is 12.9 Å². The van der Waals surface area contributed by atoms with Gasteiger partial charge in [0.25, 0.3) is 0 Å². The second-order valence-corrected chi connectivity index (χ2v) is 3.90. The number of hydrogen-bond donors (Lipinski definition) is 1. The molecule has 3 nitrogen and oxygen atoms in total. The number of ether oxygens (including phenoxy) is 1. The second-order valence-electron chi connectivity index (χ2n) is 3.90. The predicted octanol–water partition coefficient (Wildman–Crippen LogP) is 2.57. The molecule has 0 spiro atoms. The van der Waals surface area contributed by atoms with Gasteiger partial charge in [0.2, 0.25) is 0 Å². The van der Waals surface area contributed by atoms with Crippen LogP contribution in [0.4, 0.5) is 5.69 Å². The number of Topliss-reactive ketones (excluding diaryl/α,β-unsaturated/α-hetero) is 1. The molecule has 1 aliphatic rings. The number of ketones is 1. The van der Waals surface area contributed by atoms with Crippen molar-refractivity contribution in [2.45, 2.75) is 19.3 Å². The summed E-state index contributed by atoms with van der Waals surface area (Å²) in [6, 6.07) is 5.17. The third-order valence-corrected chi connectivity index (χ3v) is 2.84. The van der Waals surface area contributed by atoms with Crippen LogP contribution in [0.25, 0.3) is 0 Å². The zero-order valence-corrected chi connectivity index (χ0v) is 9.32. The Labute approximate surface area is 94.9 Å².